The summed E-state index contributed by atoms with van der Waals surface area (Å²) in [6.07, 6.45) is -1.87. The normalized spacial score (nSPS) is 14.6. The van der Waals surface area contributed by atoms with Gasteiger partial charge in [-0.25, -0.2) is 0 Å². The minimum atomic E-state index is -0.934. The molecule has 0 saturated heterocycles. The average Bonchev–Trinajstić information content (AvgIpc) is 2.91. The van der Waals surface area contributed by atoms with Crippen molar-refractivity contribution in [1.82, 2.24) is 14.9 Å². The van der Waals surface area contributed by atoms with Crippen LogP contribution in [0, 0.1) is 10.1 Å². The van der Waals surface area contributed by atoms with Gasteiger partial charge in [0, 0.05) is 17.7 Å². The number of non-ortho nitro benzene ring substituents is 1. The number of hydrogen-bond donors (Lipinski definition) is 2. The van der Waals surface area contributed by atoms with Gasteiger partial charge in [-0.1, -0.05) is 12.1 Å². The summed E-state index contributed by atoms with van der Waals surface area (Å²) < 4.78 is 1.25. The molecular formula is C14H17N5O4. The number of rotatable bonds is 5. The number of hydrogen-bond acceptors (Lipinski definition) is 7. The zero-order valence-corrected chi connectivity index (χ0v) is 12.9. The molecule has 122 valence electrons. The maximum Gasteiger partial charge on any atom is 0.270 e. The third-order valence-electron chi connectivity index (χ3n) is 3.16. The number of benzene rings is 1. The van der Waals surface area contributed by atoms with E-state index in [1.807, 2.05) is 0 Å². The molecule has 2 N–H and O–H groups in total. The van der Waals surface area contributed by atoms with Crippen LogP contribution in [0.15, 0.2) is 29.4 Å². The molecule has 23 heavy (non-hydrogen) atoms. The second kappa shape index (κ2) is 6.63. The van der Waals surface area contributed by atoms with E-state index in [-0.39, 0.29) is 17.3 Å². The Labute approximate surface area is 132 Å². The fourth-order valence-corrected chi connectivity index (χ4v) is 1.98. The molecule has 1 heterocycles. The second-order valence-electron chi connectivity index (χ2n) is 5.07. The largest absolute Gasteiger partial charge is 0.385 e. The van der Waals surface area contributed by atoms with Crippen LogP contribution in [-0.2, 0) is 0 Å². The van der Waals surface area contributed by atoms with Crippen LogP contribution in [0.2, 0.25) is 0 Å². The topological polar surface area (TPSA) is 127 Å². The molecule has 0 bridgehead atoms. The highest BCUT2D eigenvalue weighted by Crippen LogP contribution is 2.18. The molecule has 0 aliphatic heterocycles. The Morgan fingerprint density at radius 1 is 1.26 bits per heavy atom. The van der Waals surface area contributed by atoms with Crippen LogP contribution in [0.4, 0.5) is 5.69 Å². The summed E-state index contributed by atoms with van der Waals surface area (Å²) in [4.78, 5) is 10.4. The molecule has 0 radical (unpaired) electrons. The van der Waals surface area contributed by atoms with Crippen molar-refractivity contribution in [3.63, 3.8) is 0 Å². The van der Waals surface area contributed by atoms with E-state index in [1.54, 1.807) is 19.1 Å². The Morgan fingerprint density at radius 3 is 2.30 bits per heavy atom. The quantitative estimate of drug-likeness (QED) is 0.489. The SMILES string of the molecule is C/C(=N\n1c([C@H](C)O)nnc1[C@@H](C)O)c1cccc([N+](=O)[O-])c1. The summed E-state index contributed by atoms with van der Waals surface area (Å²) in [7, 11) is 0. The molecular weight excluding hydrogens is 302 g/mol. The zero-order chi connectivity index (χ0) is 17.1. The lowest BCUT2D eigenvalue weighted by molar-refractivity contribution is -0.384. The van der Waals surface area contributed by atoms with Crippen LogP contribution in [0.25, 0.3) is 0 Å². The van der Waals surface area contributed by atoms with Crippen molar-refractivity contribution >= 4 is 11.4 Å². The van der Waals surface area contributed by atoms with Gasteiger partial charge in [0.15, 0.2) is 11.6 Å². The Kier molecular flexibility index (Phi) is 4.82. The molecule has 0 amide bonds. The van der Waals surface area contributed by atoms with Gasteiger partial charge in [0.05, 0.1) is 10.6 Å². The number of aliphatic hydroxyl groups is 2. The molecule has 1 aromatic carbocycles. The third-order valence-corrected chi connectivity index (χ3v) is 3.16. The van der Waals surface area contributed by atoms with Gasteiger partial charge >= 0.3 is 0 Å². The highest BCUT2D eigenvalue weighted by molar-refractivity contribution is 5.99. The zero-order valence-electron chi connectivity index (χ0n) is 12.9. The van der Waals surface area contributed by atoms with Crippen molar-refractivity contribution in [2.24, 2.45) is 5.10 Å². The fraction of sp³-hybridized carbons (Fsp3) is 0.357. The van der Waals surface area contributed by atoms with Crippen LogP contribution in [-0.4, -0.2) is 35.7 Å². The molecule has 9 nitrogen and oxygen atoms in total. The Balaban J connectivity index is 2.51. The van der Waals surface area contributed by atoms with Crippen molar-refractivity contribution in [3.8, 4) is 0 Å². The summed E-state index contributed by atoms with van der Waals surface area (Å²) in [6.45, 7) is 4.67. The van der Waals surface area contributed by atoms with Crippen LogP contribution >= 0.6 is 0 Å². The Morgan fingerprint density at radius 2 is 1.83 bits per heavy atom. The number of nitro groups is 1. The summed E-state index contributed by atoms with van der Waals surface area (Å²) >= 11 is 0. The maximum atomic E-state index is 10.9. The van der Waals surface area contributed by atoms with Crippen LogP contribution in [0.3, 0.4) is 0 Å². The van der Waals surface area contributed by atoms with Gasteiger partial charge in [0.2, 0.25) is 0 Å². The molecule has 0 saturated carbocycles. The smallest absolute Gasteiger partial charge is 0.270 e. The predicted octanol–water partition coefficient (Wildman–Crippen LogP) is 1.57. The van der Waals surface area contributed by atoms with Gasteiger partial charge < -0.3 is 10.2 Å². The van der Waals surface area contributed by atoms with E-state index in [4.69, 9.17) is 0 Å². The van der Waals surface area contributed by atoms with E-state index >= 15 is 0 Å². The first-order valence-corrected chi connectivity index (χ1v) is 6.93. The summed E-state index contributed by atoms with van der Waals surface area (Å²) in [5.74, 6) is 0.344. The van der Waals surface area contributed by atoms with E-state index in [2.05, 4.69) is 15.3 Å². The minimum absolute atomic E-state index is 0.0488. The van der Waals surface area contributed by atoms with E-state index in [0.717, 1.165) is 0 Å². The number of nitrogens with zero attached hydrogens (tertiary/aromatic N) is 5. The molecule has 2 aromatic rings. The molecule has 1 aromatic heterocycles. The van der Waals surface area contributed by atoms with Crippen LogP contribution in [0.1, 0.15) is 50.2 Å². The van der Waals surface area contributed by atoms with Crippen molar-refractivity contribution in [2.45, 2.75) is 33.0 Å². The van der Waals surface area contributed by atoms with Crippen molar-refractivity contribution in [2.75, 3.05) is 0 Å². The van der Waals surface area contributed by atoms with Gasteiger partial charge in [0.25, 0.3) is 5.69 Å². The number of aliphatic hydroxyl groups excluding tert-OH is 2. The molecule has 2 atom stereocenters. The average molecular weight is 319 g/mol. The molecule has 0 fully saturated rings. The first-order chi connectivity index (χ1) is 10.8. The lowest BCUT2D eigenvalue weighted by Gasteiger charge is -2.09. The first-order valence-electron chi connectivity index (χ1n) is 6.93. The lowest BCUT2D eigenvalue weighted by atomic mass is 10.1. The van der Waals surface area contributed by atoms with Gasteiger partial charge in [-0.2, -0.15) is 9.78 Å². The Hall–Kier alpha value is -2.65. The minimum Gasteiger partial charge on any atom is -0.385 e. The van der Waals surface area contributed by atoms with E-state index in [0.29, 0.717) is 11.3 Å². The van der Waals surface area contributed by atoms with Crippen LogP contribution < -0.4 is 0 Å². The lowest BCUT2D eigenvalue weighted by Crippen LogP contribution is -2.10. The van der Waals surface area contributed by atoms with Crippen molar-refractivity contribution in [3.05, 3.63) is 51.6 Å². The summed E-state index contributed by atoms with van der Waals surface area (Å²) in [5, 5.41) is 42.3. The predicted molar refractivity (Wildman–Crippen MR) is 82.0 cm³/mol. The molecule has 0 spiro atoms. The standard InChI is InChI=1S/C14H17N5O4/c1-8(11-5-4-6-12(7-11)19(22)23)17-18-13(9(2)20)15-16-14(18)10(3)21/h4-7,9-10,20-21H,1-3H3/b17-8+/t9-,10+. The third kappa shape index (κ3) is 3.58. The second-order valence-corrected chi connectivity index (χ2v) is 5.07. The summed E-state index contributed by atoms with van der Waals surface area (Å²) in [5.41, 5.74) is 0.950. The van der Waals surface area contributed by atoms with Gasteiger partial charge in [-0.05, 0) is 20.8 Å². The molecule has 0 aliphatic carbocycles. The molecule has 2 rings (SSSR count). The maximum absolute atomic E-state index is 10.9. The van der Waals surface area contributed by atoms with Gasteiger partial charge in [0.1, 0.15) is 12.2 Å². The van der Waals surface area contributed by atoms with Crippen molar-refractivity contribution < 1.29 is 15.1 Å². The van der Waals surface area contributed by atoms with E-state index in [9.17, 15) is 20.3 Å². The van der Waals surface area contributed by atoms with Crippen molar-refractivity contribution in [1.29, 1.82) is 0 Å². The molecule has 0 aliphatic rings. The van der Waals surface area contributed by atoms with Gasteiger partial charge in [-0.3, -0.25) is 10.1 Å². The summed E-state index contributed by atoms with van der Waals surface area (Å²) in [6, 6.07) is 6.02. The van der Waals surface area contributed by atoms with Crippen LogP contribution in [0.5, 0.6) is 0 Å². The highest BCUT2D eigenvalue weighted by atomic mass is 16.6. The Bertz CT molecular complexity index is 726. The fourth-order valence-electron chi connectivity index (χ4n) is 1.98. The molecule has 9 heteroatoms. The highest BCUT2D eigenvalue weighted by Gasteiger charge is 2.19. The number of nitro benzene ring substituents is 1. The van der Waals surface area contributed by atoms with E-state index in [1.165, 1.54) is 30.7 Å². The van der Waals surface area contributed by atoms with E-state index < -0.39 is 17.1 Å². The monoisotopic (exact) mass is 319 g/mol. The molecule has 0 unspecified atom stereocenters. The number of aromatic nitrogens is 3. The first kappa shape index (κ1) is 16.7. The van der Waals surface area contributed by atoms with Gasteiger partial charge in [-0.15, -0.1) is 10.2 Å².